The van der Waals surface area contributed by atoms with Crippen molar-refractivity contribution in [3.63, 3.8) is 0 Å². The molecular formula is C20H12BrCl3N2O2. The first kappa shape index (κ1) is 20.7. The molecule has 3 aromatic rings. The van der Waals surface area contributed by atoms with Crippen LogP contribution in [0, 0.1) is 0 Å². The third-order valence-corrected chi connectivity index (χ3v) is 5.10. The monoisotopic (exact) mass is 496 g/mol. The molecule has 4 nitrogen and oxygen atoms in total. The van der Waals surface area contributed by atoms with Gasteiger partial charge in [0.05, 0.1) is 21.2 Å². The zero-order valence-electron chi connectivity index (χ0n) is 14.1. The lowest BCUT2D eigenvalue weighted by atomic mass is 10.2. The quantitative estimate of drug-likeness (QED) is 0.410. The Morgan fingerprint density at radius 1 is 0.714 bits per heavy atom. The first-order valence-corrected chi connectivity index (χ1v) is 9.89. The fourth-order valence-corrected chi connectivity index (χ4v) is 3.48. The van der Waals surface area contributed by atoms with E-state index in [2.05, 4.69) is 26.6 Å². The van der Waals surface area contributed by atoms with E-state index in [9.17, 15) is 9.59 Å². The van der Waals surface area contributed by atoms with Crippen LogP contribution in [0.5, 0.6) is 0 Å². The number of benzene rings is 3. The minimum absolute atomic E-state index is 0.249. The first-order chi connectivity index (χ1) is 13.3. The van der Waals surface area contributed by atoms with E-state index >= 15 is 0 Å². The van der Waals surface area contributed by atoms with Gasteiger partial charge in [0.25, 0.3) is 11.8 Å². The highest BCUT2D eigenvalue weighted by Crippen LogP contribution is 2.25. The molecule has 2 amide bonds. The van der Waals surface area contributed by atoms with E-state index < -0.39 is 0 Å². The molecule has 0 spiro atoms. The molecular weight excluding hydrogens is 486 g/mol. The molecule has 0 saturated carbocycles. The van der Waals surface area contributed by atoms with Crippen molar-refractivity contribution in [1.29, 1.82) is 0 Å². The summed E-state index contributed by atoms with van der Waals surface area (Å²) in [6, 6.07) is 16.4. The molecule has 0 aliphatic heterocycles. The normalized spacial score (nSPS) is 10.4. The molecule has 8 heteroatoms. The molecule has 0 aliphatic carbocycles. The Kier molecular flexibility index (Phi) is 6.62. The van der Waals surface area contributed by atoms with E-state index in [1.165, 1.54) is 6.07 Å². The zero-order chi connectivity index (χ0) is 20.3. The maximum atomic E-state index is 12.5. The number of amides is 2. The fourth-order valence-electron chi connectivity index (χ4n) is 2.42. The van der Waals surface area contributed by atoms with Crippen molar-refractivity contribution >= 4 is 73.9 Å². The van der Waals surface area contributed by atoms with Crippen LogP contribution in [-0.4, -0.2) is 11.8 Å². The highest BCUT2D eigenvalue weighted by atomic mass is 79.9. The van der Waals surface area contributed by atoms with E-state index in [0.717, 1.165) is 4.47 Å². The molecule has 28 heavy (non-hydrogen) atoms. The molecule has 3 aromatic carbocycles. The second-order valence-electron chi connectivity index (χ2n) is 5.74. The summed E-state index contributed by atoms with van der Waals surface area (Å²) in [5.41, 5.74) is 1.62. The number of carbonyl (C=O) groups excluding carboxylic acids is 2. The predicted molar refractivity (Wildman–Crippen MR) is 118 cm³/mol. The molecule has 0 heterocycles. The number of hydrogen-bond acceptors (Lipinski definition) is 2. The SMILES string of the molecule is O=C(Nc1cccc(NC(=O)c2cc(Br)ccc2Cl)c1)c1ccc(Cl)cc1Cl. The Morgan fingerprint density at radius 2 is 1.36 bits per heavy atom. The van der Waals surface area contributed by atoms with Gasteiger partial charge in [-0.15, -0.1) is 0 Å². The smallest absolute Gasteiger partial charge is 0.257 e. The molecule has 142 valence electrons. The Hall–Kier alpha value is -2.05. The van der Waals surface area contributed by atoms with Crippen LogP contribution in [0.4, 0.5) is 11.4 Å². The molecule has 0 fully saturated rings. The summed E-state index contributed by atoms with van der Waals surface area (Å²) in [6.07, 6.45) is 0. The lowest BCUT2D eigenvalue weighted by Crippen LogP contribution is -2.14. The first-order valence-electron chi connectivity index (χ1n) is 7.96. The molecule has 0 saturated heterocycles. The Balaban J connectivity index is 1.76. The van der Waals surface area contributed by atoms with Gasteiger partial charge in [0.2, 0.25) is 0 Å². The van der Waals surface area contributed by atoms with Crippen molar-refractivity contribution in [1.82, 2.24) is 0 Å². The van der Waals surface area contributed by atoms with Gasteiger partial charge in [0.15, 0.2) is 0 Å². The van der Waals surface area contributed by atoms with Gasteiger partial charge in [-0.1, -0.05) is 56.8 Å². The summed E-state index contributed by atoms with van der Waals surface area (Å²) in [7, 11) is 0. The Labute approximate surface area is 184 Å². The minimum atomic E-state index is -0.389. The van der Waals surface area contributed by atoms with Gasteiger partial charge in [-0.05, 0) is 54.6 Å². The molecule has 0 aliphatic rings. The second-order valence-corrected chi connectivity index (χ2v) is 7.90. The maximum absolute atomic E-state index is 12.5. The van der Waals surface area contributed by atoms with E-state index in [0.29, 0.717) is 32.5 Å². The number of anilines is 2. The highest BCUT2D eigenvalue weighted by molar-refractivity contribution is 9.10. The topological polar surface area (TPSA) is 58.2 Å². The van der Waals surface area contributed by atoms with Gasteiger partial charge < -0.3 is 10.6 Å². The fraction of sp³-hybridized carbons (Fsp3) is 0. The van der Waals surface area contributed by atoms with E-state index in [4.69, 9.17) is 34.8 Å². The standard InChI is InChI=1S/C20H12BrCl3N2O2/c21-11-4-7-17(23)16(8-11)20(28)26-14-3-1-2-13(10-14)25-19(27)15-6-5-12(22)9-18(15)24/h1-10H,(H,25,27)(H,26,28). The lowest BCUT2D eigenvalue weighted by molar-refractivity contribution is 0.101. The number of nitrogens with one attached hydrogen (secondary N) is 2. The molecule has 0 bridgehead atoms. The van der Waals surface area contributed by atoms with Crippen LogP contribution in [0.1, 0.15) is 20.7 Å². The van der Waals surface area contributed by atoms with Crippen LogP contribution in [0.25, 0.3) is 0 Å². The zero-order valence-corrected chi connectivity index (χ0v) is 18.0. The Morgan fingerprint density at radius 3 is 2.00 bits per heavy atom. The van der Waals surface area contributed by atoms with Crippen molar-refractivity contribution in [2.45, 2.75) is 0 Å². The van der Waals surface area contributed by atoms with Crippen LogP contribution in [0.2, 0.25) is 15.1 Å². The molecule has 0 unspecified atom stereocenters. The van der Waals surface area contributed by atoms with Crippen molar-refractivity contribution < 1.29 is 9.59 Å². The summed E-state index contributed by atoms with van der Waals surface area (Å²) >= 11 is 21.3. The average molecular weight is 499 g/mol. The van der Waals surface area contributed by atoms with E-state index in [1.54, 1.807) is 54.6 Å². The van der Waals surface area contributed by atoms with Crippen LogP contribution in [0.15, 0.2) is 65.1 Å². The highest BCUT2D eigenvalue weighted by Gasteiger charge is 2.13. The van der Waals surface area contributed by atoms with Gasteiger partial charge in [-0.2, -0.15) is 0 Å². The summed E-state index contributed by atoms with van der Waals surface area (Å²) in [6.45, 7) is 0. The third kappa shape index (κ3) is 5.06. The largest absolute Gasteiger partial charge is 0.322 e. The van der Waals surface area contributed by atoms with E-state index in [1.807, 2.05) is 0 Å². The van der Waals surface area contributed by atoms with Crippen LogP contribution in [-0.2, 0) is 0 Å². The summed E-state index contributed by atoms with van der Waals surface area (Å²) in [5, 5.41) is 6.53. The van der Waals surface area contributed by atoms with Crippen LogP contribution in [0.3, 0.4) is 0 Å². The summed E-state index contributed by atoms with van der Waals surface area (Å²) < 4.78 is 0.739. The van der Waals surface area contributed by atoms with Gasteiger partial charge in [0.1, 0.15) is 0 Å². The van der Waals surface area contributed by atoms with E-state index in [-0.39, 0.29) is 16.8 Å². The summed E-state index contributed by atoms with van der Waals surface area (Å²) in [5.74, 6) is -0.754. The molecule has 0 aromatic heterocycles. The van der Waals surface area contributed by atoms with Gasteiger partial charge in [-0.25, -0.2) is 0 Å². The van der Waals surface area contributed by atoms with Gasteiger partial charge >= 0.3 is 0 Å². The van der Waals surface area contributed by atoms with Crippen molar-refractivity contribution in [2.24, 2.45) is 0 Å². The Bertz CT molecular complexity index is 1070. The molecule has 0 radical (unpaired) electrons. The number of carbonyl (C=O) groups is 2. The third-order valence-electron chi connectivity index (χ3n) is 3.73. The van der Waals surface area contributed by atoms with Gasteiger partial charge in [0, 0.05) is 20.9 Å². The summed E-state index contributed by atoms with van der Waals surface area (Å²) in [4.78, 5) is 24.9. The maximum Gasteiger partial charge on any atom is 0.257 e. The van der Waals surface area contributed by atoms with Crippen molar-refractivity contribution in [3.8, 4) is 0 Å². The van der Waals surface area contributed by atoms with Gasteiger partial charge in [-0.3, -0.25) is 9.59 Å². The van der Waals surface area contributed by atoms with Crippen LogP contribution >= 0.6 is 50.7 Å². The van der Waals surface area contributed by atoms with Crippen LogP contribution < -0.4 is 10.6 Å². The molecule has 2 N–H and O–H groups in total. The second kappa shape index (κ2) is 8.97. The predicted octanol–water partition coefficient (Wildman–Crippen LogP) is 6.91. The number of halogens is 4. The average Bonchev–Trinajstić information content (AvgIpc) is 2.63. The number of rotatable bonds is 4. The molecule has 3 rings (SSSR count). The molecule has 0 atom stereocenters. The minimum Gasteiger partial charge on any atom is -0.322 e. The van der Waals surface area contributed by atoms with Crippen molar-refractivity contribution in [2.75, 3.05) is 10.6 Å². The number of hydrogen-bond donors (Lipinski definition) is 2. The lowest BCUT2D eigenvalue weighted by Gasteiger charge is -2.10. The van der Waals surface area contributed by atoms with Crippen molar-refractivity contribution in [3.05, 3.63) is 91.3 Å².